The van der Waals surface area contributed by atoms with Gasteiger partial charge in [-0.3, -0.25) is 0 Å². The van der Waals surface area contributed by atoms with Crippen LogP contribution in [0.1, 0.15) is 47.1 Å². The Kier molecular flexibility index (Phi) is 7.09. The third-order valence-corrected chi connectivity index (χ3v) is 8.35. The molecule has 0 unspecified atom stereocenters. The summed E-state index contributed by atoms with van der Waals surface area (Å²) in [6, 6.07) is 17.1. The molecule has 7 nitrogen and oxygen atoms in total. The first kappa shape index (κ1) is 24.0. The third-order valence-electron chi connectivity index (χ3n) is 6.44. The van der Waals surface area contributed by atoms with Crippen LogP contribution in [-0.4, -0.2) is 48.4 Å². The van der Waals surface area contributed by atoms with Gasteiger partial charge in [-0.2, -0.15) is 4.31 Å². The molecule has 1 aliphatic heterocycles. The van der Waals surface area contributed by atoms with Gasteiger partial charge in [0.25, 0.3) is 0 Å². The van der Waals surface area contributed by atoms with E-state index in [2.05, 4.69) is 22.1 Å². The molecule has 1 aliphatic rings. The largest absolute Gasteiger partial charge is 0.462 e. The molecule has 0 aliphatic carbocycles. The summed E-state index contributed by atoms with van der Waals surface area (Å²) < 4.78 is 33.0. The summed E-state index contributed by atoms with van der Waals surface area (Å²) >= 11 is 0. The van der Waals surface area contributed by atoms with Gasteiger partial charge in [-0.05, 0) is 44.4 Å². The van der Waals surface area contributed by atoms with Crippen LogP contribution in [0.15, 0.2) is 71.9 Å². The number of aryl methyl sites for hydroxylation is 1. The lowest BCUT2D eigenvalue weighted by molar-refractivity contribution is 0.0525. The van der Waals surface area contributed by atoms with Crippen LogP contribution in [-0.2, 0) is 26.6 Å². The highest BCUT2D eigenvalue weighted by atomic mass is 32.2. The molecule has 3 aromatic rings. The van der Waals surface area contributed by atoms with Crippen LogP contribution in [0.3, 0.4) is 0 Å². The van der Waals surface area contributed by atoms with Gasteiger partial charge in [-0.25, -0.2) is 23.2 Å². The molecule has 2 aromatic carbocycles. The van der Waals surface area contributed by atoms with Crippen LogP contribution in [0.5, 0.6) is 0 Å². The molecule has 0 atom stereocenters. The molecule has 1 fully saturated rings. The number of hydrogen-bond donors (Lipinski definition) is 0. The van der Waals surface area contributed by atoms with Crippen LogP contribution in [0.2, 0.25) is 0 Å². The maximum Gasteiger partial charge on any atom is 0.341 e. The lowest BCUT2D eigenvalue weighted by atomic mass is 9.70. The summed E-state index contributed by atoms with van der Waals surface area (Å²) in [6.45, 7) is 4.80. The number of ether oxygens (including phenoxy) is 1. The van der Waals surface area contributed by atoms with Gasteiger partial charge in [0.2, 0.25) is 10.0 Å². The Labute approximate surface area is 200 Å². The molecule has 2 heterocycles. The fourth-order valence-electron chi connectivity index (χ4n) is 4.44. The molecule has 8 heteroatoms. The van der Waals surface area contributed by atoms with Gasteiger partial charge in [0.05, 0.1) is 17.1 Å². The zero-order valence-electron chi connectivity index (χ0n) is 19.5. The van der Waals surface area contributed by atoms with Crippen molar-refractivity contribution in [2.24, 2.45) is 0 Å². The van der Waals surface area contributed by atoms with E-state index in [1.807, 2.05) is 37.3 Å². The maximum absolute atomic E-state index is 13.2. The van der Waals surface area contributed by atoms with Crippen LogP contribution in [0.25, 0.3) is 0 Å². The first-order valence-electron chi connectivity index (χ1n) is 11.4. The van der Waals surface area contributed by atoms with E-state index in [-0.39, 0.29) is 5.41 Å². The predicted molar refractivity (Wildman–Crippen MR) is 129 cm³/mol. The van der Waals surface area contributed by atoms with E-state index in [9.17, 15) is 13.2 Å². The van der Waals surface area contributed by atoms with Gasteiger partial charge in [0.1, 0.15) is 5.82 Å². The lowest BCUT2D eigenvalue weighted by Gasteiger charge is -2.41. The minimum absolute atomic E-state index is 0.291. The molecular formula is C26H29N3O4S. The first-order valence-corrected chi connectivity index (χ1v) is 12.9. The van der Waals surface area contributed by atoms with Crippen LogP contribution < -0.4 is 0 Å². The summed E-state index contributed by atoms with van der Waals surface area (Å²) in [5.41, 5.74) is 2.18. The van der Waals surface area contributed by atoms with Crippen molar-refractivity contribution in [1.82, 2.24) is 14.3 Å². The number of benzene rings is 2. The van der Waals surface area contributed by atoms with E-state index >= 15 is 0 Å². The Balaban J connectivity index is 1.56. The van der Waals surface area contributed by atoms with E-state index in [0.29, 0.717) is 55.2 Å². The Morgan fingerprint density at radius 3 is 2.21 bits per heavy atom. The second-order valence-electron chi connectivity index (χ2n) is 8.65. The van der Waals surface area contributed by atoms with Gasteiger partial charge in [0, 0.05) is 37.3 Å². The quantitative estimate of drug-likeness (QED) is 0.477. The zero-order valence-corrected chi connectivity index (χ0v) is 20.3. The van der Waals surface area contributed by atoms with Crippen molar-refractivity contribution < 1.29 is 17.9 Å². The van der Waals surface area contributed by atoms with E-state index in [1.54, 1.807) is 23.4 Å². The molecule has 0 saturated carbocycles. The fraction of sp³-hybridized carbons (Fsp3) is 0.346. The van der Waals surface area contributed by atoms with Crippen molar-refractivity contribution in [3.63, 3.8) is 0 Å². The van der Waals surface area contributed by atoms with E-state index in [0.717, 1.165) is 11.1 Å². The number of esters is 1. The minimum atomic E-state index is -3.55. The molecule has 0 N–H and O–H groups in total. The normalized spacial score (nSPS) is 16.2. The average molecular weight is 480 g/mol. The maximum atomic E-state index is 13.2. The monoisotopic (exact) mass is 479 g/mol. The summed E-state index contributed by atoms with van der Waals surface area (Å²) in [5.74, 6) is 0.174. The van der Waals surface area contributed by atoms with E-state index < -0.39 is 16.0 Å². The molecule has 0 amide bonds. The Hall–Kier alpha value is -3.10. The SMILES string of the molecule is CCOC(=O)c1cnc(CC2(c3ccccc3)CCN(S(=O)(=O)c3ccc(C)cc3)CC2)nc1. The molecule has 0 radical (unpaired) electrons. The number of sulfonamides is 1. The van der Waals surface area contributed by atoms with Gasteiger partial charge in [-0.15, -0.1) is 0 Å². The summed E-state index contributed by atoms with van der Waals surface area (Å²) in [6.07, 6.45) is 4.83. The number of piperidine rings is 1. The highest BCUT2D eigenvalue weighted by Crippen LogP contribution is 2.39. The number of hydrogen-bond acceptors (Lipinski definition) is 6. The predicted octanol–water partition coefficient (Wildman–Crippen LogP) is 3.93. The Bertz CT molecular complexity index is 1220. The van der Waals surface area contributed by atoms with Crippen LogP contribution >= 0.6 is 0 Å². The Morgan fingerprint density at radius 1 is 1.00 bits per heavy atom. The topological polar surface area (TPSA) is 89.5 Å². The summed E-state index contributed by atoms with van der Waals surface area (Å²) in [4.78, 5) is 21.1. The van der Waals surface area contributed by atoms with Crippen molar-refractivity contribution in [2.45, 2.75) is 43.4 Å². The molecule has 34 heavy (non-hydrogen) atoms. The highest BCUT2D eigenvalue weighted by Gasteiger charge is 2.40. The lowest BCUT2D eigenvalue weighted by Crippen LogP contribution is -2.46. The molecule has 178 valence electrons. The van der Waals surface area contributed by atoms with Gasteiger partial charge < -0.3 is 4.74 Å². The second kappa shape index (κ2) is 10.0. The smallest absolute Gasteiger partial charge is 0.341 e. The van der Waals surface area contributed by atoms with Crippen molar-refractivity contribution in [3.8, 4) is 0 Å². The Morgan fingerprint density at radius 2 is 1.62 bits per heavy atom. The van der Waals surface area contributed by atoms with Gasteiger partial charge in [0.15, 0.2) is 0 Å². The number of nitrogens with zero attached hydrogens (tertiary/aromatic N) is 3. The average Bonchev–Trinajstić information content (AvgIpc) is 2.86. The third kappa shape index (κ3) is 5.03. The molecule has 4 rings (SSSR count). The summed E-state index contributed by atoms with van der Waals surface area (Å²) in [7, 11) is -3.55. The number of carbonyl (C=O) groups excluding carboxylic acids is 1. The van der Waals surface area contributed by atoms with Crippen LogP contribution in [0, 0.1) is 6.92 Å². The summed E-state index contributed by atoms with van der Waals surface area (Å²) in [5, 5.41) is 0. The van der Waals surface area contributed by atoms with Crippen molar-refractivity contribution >= 4 is 16.0 Å². The van der Waals surface area contributed by atoms with Crippen LogP contribution in [0.4, 0.5) is 0 Å². The van der Waals surface area contributed by atoms with Crippen molar-refractivity contribution in [2.75, 3.05) is 19.7 Å². The van der Waals surface area contributed by atoms with E-state index in [4.69, 9.17) is 4.74 Å². The minimum Gasteiger partial charge on any atom is -0.462 e. The number of carbonyl (C=O) groups is 1. The molecule has 1 aromatic heterocycles. The highest BCUT2D eigenvalue weighted by molar-refractivity contribution is 7.89. The van der Waals surface area contributed by atoms with E-state index in [1.165, 1.54) is 12.4 Å². The molecule has 0 spiro atoms. The first-order chi connectivity index (χ1) is 16.3. The molecule has 1 saturated heterocycles. The van der Waals surface area contributed by atoms with Gasteiger partial charge >= 0.3 is 5.97 Å². The van der Waals surface area contributed by atoms with Gasteiger partial charge in [-0.1, -0.05) is 48.0 Å². The zero-order chi connectivity index (χ0) is 24.2. The second-order valence-corrected chi connectivity index (χ2v) is 10.6. The standard InChI is InChI=1S/C26H29N3O4S/c1-3-33-25(30)21-18-27-24(28-19-21)17-26(22-7-5-4-6-8-22)13-15-29(16-14-26)34(31,32)23-11-9-20(2)10-12-23/h4-12,18-19H,3,13-17H2,1-2H3. The fourth-order valence-corrected chi connectivity index (χ4v) is 5.88. The molecular weight excluding hydrogens is 450 g/mol. The number of rotatable bonds is 7. The van der Waals surface area contributed by atoms with Crippen molar-refractivity contribution in [1.29, 1.82) is 0 Å². The number of aromatic nitrogens is 2. The van der Waals surface area contributed by atoms with Crippen molar-refractivity contribution in [3.05, 3.63) is 89.5 Å². The molecule has 0 bridgehead atoms.